The zero-order valence-electron chi connectivity index (χ0n) is 43.4. The molecule has 20 nitrogen and oxygen atoms in total. The average Bonchev–Trinajstić information content (AvgIpc) is 3.96. The molecule has 3 saturated heterocycles. The first kappa shape index (κ1) is 59.7. The van der Waals surface area contributed by atoms with Crippen LogP contribution in [0.25, 0.3) is 0 Å². The van der Waals surface area contributed by atoms with Gasteiger partial charge in [0.05, 0.1) is 101 Å². The number of amides is 5. The molecule has 0 spiro atoms. The molecule has 3 fully saturated rings. The summed E-state index contributed by atoms with van der Waals surface area (Å²) < 4.78 is 51.5. The maximum Gasteiger partial charge on any atom is 0.409 e. The lowest BCUT2D eigenvalue weighted by molar-refractivity contribution is -0.166. The molecule has 1 aromatic rings. The summed E-state index contributed by atoms with van der Waals surface area (Å²) in [6.45, 7) is 14.5. The van der Waals surface area contributed by atoms with Crippen molar-refractivity contribution >= 4 is 64.7 Å². The van der Waals surface area contributed by atoms with Crippen LogP contribution in [0.4, 0.5) is 10.5 Å². The maximum atomic E-state index is 14.1. The lowest BCUT2D eigenvalue weighted by atomic mass is 9.82. The molecule has 22 heteroatoms. The highest BCUT2D eigenvalue weighted by molar-refractivity contribution is 8.00. The predicted molar refractivity (Wildman–Crippen MR) is 271 cm³/mol. The number of hydrogen-bond donors (Lipinski definition) is 3. The number of alkyl carbamates (subject to hydrolysis) is 1. The lowest BCUT2D eigenvalue weighted by Gasteiger charge is -2.41. The summed E-state index contributed by atoms with van der Waals surface area (Å²) in [6.07, 6.45) is 3.77. The van der Waals surface area contributed by atoms with E-state index in [0.717, 1.165) is 21.6 Å². The van der Waals surface area contributed by atoms with Gasteiger partial charge >= 0.3 is 12.1 Å². The zero-order chi connectivity index (χ0) is 53.3. The number of aliphatic hydroxyl groups is 1. The largest absolute Gasteiger partial charge is 0.457 e. The first-order chi connectivity index (χ1) is 34.8. The van der Waals surface area contributed by atoms with Crippen LogP contribution in [0.1, 0.15) is 71.4 Å². The number of esters is 1. The molecular weight excluding hydrogens is 992 g/mol. The third kappa shape index (κ3) is 17.4. The fourth-order valence-electron chi connectivity index (χ4n) is 8.75. The number of fused-ring (bicyclic) bond motifs is 5. The fourth-order valence-corrected chi connectivity index (χ4v) is 9.63. The van der Waals surface area contributed by atoms with E-state index >= 15 is 0 Å². The van der Waals surface area contributed by atoms with Crippen molar-refractivity contribution in [2.24, 2.45) is 11.8 Å². The van der Waals surface area contributed by atoms with E-state index in [9.17, 15) is 33.9 Å². The number of hydrogen-bond acceptors (Lipinski definition) is 17. The topological polar surface area (TPSA) is 240 Å². The number of halogens is 1. The monoisotopic (exact) mass is 1070 g/mol. The number of likely N-dealkylation sites (tertiary alicyclic amines) is 1. The van der Waals surface area contributed by atoms with Crippen LogP contribution in [0.5, 0.6) is 0 Å². The third-order valence-electron chi connectivity index (χ3n) is 13.4. The van der Waals surface area contributed by atoms with Crippen LogP contribution in [0, 0.1) is 18.8 Å². The van der Waals surface area contributed by atoms with Gasteiger partial charge in [0.1, 0.15) is 23.5 Å². The summed E-state index contributed by atoms with van der Waals surface area (Å²) in [5.41, 5.74) is 0.472. The van der Waals surface area contributed by atoms with Crippen LogP contribution >= 0.6 is 23.4 Å². The number of rotatable bonds is 25. The summed E-state index contributed by atoms with van der Waals surface area (Å²) in [4.78, 5) is 79.5. The number of ether oxygens (including phenoxy) is 9. The van der Waals surface area contributed by atoms with Crippen molar-refractivity contribution in [3.63, 3.8) is 0 Å². The van der Waals surface area contributed by atoms with Gasteiger partial charge < -0.3 is 58.0 Å². The van der Waals surface area contributed by atoms with Gasteiger partial charge in [-0.1, -0.05) is 55.3 Å². The quantitative estimate of drug-likeness (QED) is 0.0541. The second-order valence-corrected chi connectivity index (χ2v) is 20.4. The number of nitrogens with one attached hydrogen (secondary N) is 2. The van der Waals surface area contributed by atoms with Gasteiger partial charge in [-0.05, 0) is 57.6 Å². The molecule has 4 bridgehead atoms. The van der Waals surface area contributed by atoms with Gasteiger partial charge in [0.25, 0.3) is 0 Å². The number of imide groups is 1. The van der Waals surface area contributed by atoms with Gasteiger partial charge in [-0.15, -0.1) is 0 Å². The lowest BCUT2D eigenvalue weighted by Crippen LogP contribution is -2.60. The smallest absolute Gasteiger partial charge is 0.409 e. The molecule has 3 N–H and O–H groups in total. The van der Waals surface area contributed by atoms with E-state index in [0.29, 0.717) is 76.5 Å². The Kier molecular flexibility index (Phi) is 23.4. The summed E-state index contributed by atoms with van der Waals surface area (Å²) in [6, 6.07) is 3.84. The third-order valence-corrected chi connectivity index (χ3v) is 14.8. The van der Waals surface area contributed by atoms with Gasteiger partial charge in [-0.3, -0.25) is 29.4 Å². The predicted octanol–water partition coefficient (Wildman–Crippen LogP) is 4.07. The van der Waals surface area contributed by atoms with E-state index in [-0.39, 0.29) is 80.9 Å². The second kappa shape index (κ2) is 28.7. The SMILES string of the molecule is CSC1CC(=O)N(CCC(=O)NCCOCCOCCOCCOCCOCCO[C@@H](C)C(=O)O[C@H]2CC(=O)N(C)c3cc(cc(C)c3Cl)C/C(C)=C/C=C/[C@@H](C)[C@@]3(O)CC(OC(=O)N3)[C@@H](C)[C@@H]3O[C@@]23C)C1=O. The van der Waals surface area contributed by atoms with Crippen molar-refractivity contribution in [1.29, 1.82) is 0 Å². The molecule has 4 aliphatic rings. The molecule has 2 unspecified atom stereocenters. The van der Waals surface area contributed by atoms with Crippen LogP contribution in [-0.2, 0) is 73.0 Å². The Hall–Kier alpha value is -4.16. The summed E-state index contributed by atoms with van der Waals surface area (Å²) >= 11 is 8.14. The van der Waals surface area contributed by atoms with Crippen LogP contribution in [0.15, 0.2) is 35.9 Å². The minimum atomic E-state index is -1.61. The highest BCUT2D eigenvalue weighted by Crippen LogP contribution is 2.49. The first-order valence-corrected chi connectivity index (χ1v) is 26.6. The Morgan fingerprint density at radius 2 is 1.55 bits per heavy atom. The van der Waals surface area contributed by atoms with E-state index in [4.69, 9.17) is 54.2 Å². The van der Waals surface area contributed by atoms with Gasteiger partial charge in [0.15, 0.2) is 6.10 Å². The molecule has 0 aromatic heterocycles. The molecule has 4 aliphatic heterocycles. The minimum Gasteiger partial charge on any atom is -0.457 e. The fraction of sp³-hybridized carbons (Fsp3) is 0.686. The number of epoxide rings is 1. The van der Waals surface area contributed by atoms with Crippen molar-refractivity contribution < 1.29 is 76.5 Å². The molecule has 73 heavy (non-hydrogen) atoms. The molecule has 9 atom stereocenters. The Morgan fingerprint density at radius 3 is 2.16 bits per heavy atom. The summed E-state index contributed by atoms with van der Waals surface area (Å²) in [5, 5.41) is 17.1. The van der Waals surface area contributed by atoms with Crippen molar-refractivity contribution in [2.45, 2.75) is 115 Å². The Labute approximate surface area is 437 Å². The Bertz CT molecular complexity index is 2130. The van der Waals surface area contributed by atoms with E-state index in [2.05, 4.69) is 10.6 Å². The molecule has 0 aliphatic carbocycles. The molecule has 1 aromatic carbocycles. The number of carbonyl (C=O) groups excluding carboxylic acids is 6. The minimum absolute atomic E-state index is 0.0480. The number of thioether (sulfide) groups is 1. The molecular formula is C51H75ClN4O16S. The number of benzene rings is 1. The number of aryl methyl sites for hydroxylation is 1. The number of nitrogens with zero attached hydrogens (tertiary/aromatic N) is 2. The van der Waals surface area contributed by atoms with Crippen molar-refractivity contribution in [1.82, 2.24) is 15.5 Å². The molecule has 0 radical (unpaired) electrons. The van der Waals surface area contributed by atoms with Crippen LogP contribution in [0.2, 0.25) is 5.02 Å². The average molecular weight is 1070 g/mol. The van der Waals surface area contributed by atoms with Gasteiger partial charge in [0, 0.05) is 51.2 Å². The van der Waals surface area contributed by atoms with E-state index in [1.165, 1.54) is 16.7 Å². The molecule has 4 heterocycles. The zero-order valence-corrected chi connectivity index (χ0v) is 45.0. The van der Waals surface area contributed by atoms with E-state index in [1.807, 2.05) is 58.1 Å². The molecule has 5 amide bonds. The highest BCUT2D eigenvalue weighted by atomic mass is 35.5. The standard InChI is InChI=1S/C51H75ClN4O16S/c1-32-10-9-11-34(3)51(63)31-39(70-49(62)54-51)35(4)46-50(6,72-46)41(30-43(58)55(7)38-28-37(26-32)27-33(2)45(38)52)71-48(61)36(5)69-25-24-68-23-22-67-21-20-66-19-18-65-17-16-64-15-13-53-42(57)12-14-56-44(59)29-40(73-8)47(56)60/h9-11,27-28,34-36,39-41,46,63H,12-26,29-31H2,1-8H3,(H,53,57)(H,54,62)/b11-9+,32-10+/t34-,35-,36+,39?,40?,41+,46+,50+,51+/m1/s1. The summed E-state index contributed by atoms with van der Waals surface area (Å²) in [5.74, 6) is -2.77. The molecule has 0 saturated carbocycles. The first-order valence-electron chi connectivity index (χ1n) is 24.9. The molecule has 408 valence electrons. The highest BCUT2D eigenvalue weighted by Gasteiger charge is 2.64. The summed E-state index contributed by atoms with van der Waals surface area (Å²) in [7, 11) is 1.63. The van der Waals surface area contributed by atoms with Crippen molar-refractivity contribution in [3.8, 4) is 0 Å². The van der Waals surface area contributed by atoms with Gasteiger partial charge in [-0.2, -0.15) is 11.8 Å². The number of carbonyl (C=O) groups is 6. The second-order valence-electron chi connectivity index (χ2n) is 19.0. The Morgan fingerprint density at radius 1 is 0.932 bits per heavy atom. The number of allylic oxidation sites excluding steroid dienone is 3. The maximum absolute atomic E-state index is 14.1. The van der Waals surface area contributed by atoms with E-state index < -0.39 is 59.6 Å². The van der Waals surface area contributed by atoms with Crippen LogP contribution < -0.4 is 15.5 Å². The van der Waals surface area contributed by atoms with Crippen LogP contribution in [0.3, 0.4) is 0 Å². The van der Waals surface area contributed by atoms with E-state index in [1.54, 1.807) is 27.2 Å². The van der Waals surface area contributed by atoms with Crippen LogP contribution in [-0.4, -0.2) is 186 Å². The van der Waals surface area contributed by atoms with Crippen molar-refractivity contribution in [2.75, 3.05) is 104 Å². The van der Waals surface area contributed by atoms with Gasteiger partial charge in [-0.25, -0.2) is 9.59 Å². The van der Waals surface area contributed by atoms with Crippen molar-refractivity contribution in [3.05, 3.63) is 52.1 Å². The van der Waals surface area contributed by atoms with Gasteiger partial charge in [0.2, 0.25) is 23.6 Å². The Balaban J connectivity index is 0.978. The molecule has 5 rings (SSSR count). The normalized spacial score (nSPS) is 28.2. The number of anilines is 1.